The van der Waals surface area contributed by atoms with Crippen LogP contribution >= 0.6 is 23.4 Å². The van der Waals surface area contributed by atoms with Crippen molar-refractivity contribution in [3.63, 3.8) is 0 Å². The lowest BCUT2D eigenvalue weighted by atomic mass is 9.83. The SMILES string of the molecule is CCN(CC)CC(O)CSC1C(=O)Nc2ccc(C(F)(F)F)cc2C1c1cc(Cl)ccc1O. The quantitative estimate of drug-likeness (QED) is 0.476. The summed E-state index contributed by atoms with van der Waals surface area (Å²) in [6.45, 7) is 5.88. The predicted octanol–water partition coefficient (Wildman–Crippen LogP) is 4.95. The number of rotatable bonds is 8. The number of nitrogens with one attached hydrogen (secondary N) is 1. The van der Waals surface area contributed by atoms with Gasteiger partial charge in [-0.2, -0.15) is 13.2 Å². The lowest BCUT2D eigenvalue weighted by Gasteiger charge is -2.34. The molecule has 3 N–H and O–H groups in total. The summed E-state index contributed by atoms with van der Waals surface area (Å²) in [6, 6.07) is 7.42. The smallest absolute Gasteiger partial charge is 0.416 e. The van der Waals surface area contributed by atoms with Crippen molar-refractivity contribution in [2.24, 2.45) is 0 Å². The van der Waals surface area contributed by atoms with E-state index in [1.54, 1.807) is 0 Å². The van der Waals surface area contributed by atoms with E-state index in [2.05, 4.69) is 5.32 Å². The van der Waals surface area contributed by atoms with Crippen LogP contribution in [0.15, 0.2) is 36.4 Å². The number of likely N-dealkylation sites (N-methyl/N-ethyl adjacent to an activating group) is 1. The van der Waals surface area contributed by atoms with Crippen LogP contribution in [-0.2, 0) is 11.0 Å². The number of halogens is 4. The van der Waals surface area contributed by atoms with E-state index >= 15 is 0 Å². The number of alkyl halides is 3. The van der Waals surface area contributed by atoms with Crippen molar-refractivity contribution in [1.82, 2.24) is 4.90 Å². The molecule has 3 unspecified atom stereocenters. The van der Waals surface area contributed by atoms with E-state index in [4.69, 9.17) is 11.6 Å². The number of anilines is 1. The molecule has 180 valence electrons. The van der Waals surface area contributed by atoms with Crippen LogP contribution in [0.1, 0.15) is 36.5 Å². The number of phenolic OH excluding ortho intramolecular Hbond substituents is 1. The number of hydrogen-bond acceptors (Lipinski definition) is 5. The third-order valence-electron chi connectivity index (χ3n) is 5.69. The molecule has 0 radical (unpaired) electrons. The van der Waals surface area contributed by atoms with E-state index in [9.17, 15) is 28.2 Å². The van der Waals surface area contributed by atoms with Crippen LogP contribution in [0, 0.1) is 0 Å². The monoisotopic (exact) mass is 502 g/mol. The molecule has 3 rings (SSSR count). The van der Waals surface area contributed by atoms with Gasteiger partial charge in [-0.15, -0.1) is 11.8 Å². The van der Waals surface area contributed by atoms with Gasteiger partial charge in [-0.25, -0.2) is 0 Å². The van der Waals surface area contributed by atoms with Gasteiger partial charge in [0.15, 0.2) is 0 Å². The Morgan fingerprint density at radius 1 is 1.15 bits per heavy atom. The molecule has 33 heavy (non-hydrogen) atoms. The van der Waals surface area contributed by atoms with Crippen LogP contribution in [0.2, 0.25) is 5.02 Å². The molecule has 3 atom stereocenters. The van der Waals surface area contributed by atoms with E-state index < -0.39 is 34.9 Å². The average molecular weight is 503 g/mol. The largest absolute Gasteiger partial charge is 0.508 e. The summed E-state index contributed by atoms with van der Waals surface area (Å²) in [4.78, 5) is 15.0. The van der Waals surface area contributed by atoms with Gasteiger partial charge in [0.25, 0.3) is 0 Å². The summed E-state index contributed by atoms with van der Waals surface area (Å²) >= 11 is 7.27. The summed E-state index contributed by atoms with van der Waals surface area (Å²) in [5.41, 5.74) is -0.112. The molecule has 1 aliphatic heterocycles. The van der Waals surface area contributed by atoms with Crippen LogP contribution in [0.25, 0.3) is 0 Å². The number of carbonyl (C=O) groups excluding carboxylic acids is 1. The molecular weight excluding hydrogens is 477 g/mol. The fourth-order valence-corrected chi connectivity index (χ4v) is 5.36. The minimum Gasteiger partial charge on any atom is -0.508 e. The fourth-order valence-electron chi connectivity index (χ4n) is 3.95. The number of thioether (sulfide) groups is 1. The topological polar surface area (TPSA) is 72.8 Å². The highest BCUT2D eigenvalue weighted by Crippen LogP contribution is 2.47. The summed E-state index contributed by atoms with van der Waals surface area (Å²) in [6.07, 6.45) is -5.31. The Morgan fingerprint density at radius 3 is 2.48 bits per heavy atom. The molecule has 0 saturated carbocycles. The van der Waals surface area contributed by atoms with Crippen LogP contribution in [0.3, 0.4) is 0 Å². The Morgan fingerprint density at radius 2 is 1.85 bits per heavy atom. The third kappa shape index (κ3) is 5.95. The van der Waals surface area contributed by atoms with Crippen molar-refractivity contribution in [3.05, 3.63) is 58.1 Å². The van der Waals surface area contributed by atoms with Gasteiger partial charge in [0, 0.05) is 34.5 Å². The van der Waals surface area contributed by atoms with Crippen molar-refractivity contribution in [1.29, 1.82) is 0 Å². The highest BCUT2D eigenvalue weighted by atomic mass is 35.5. The highest BCUT2D eigenvalue weighted by Gasteiger charge is 2.41. The minimum absolute atomic E-state index is 0.170. The van der Waals surface area contributed by atoms with Crippen molar-refractivity contribution >= 4 is 35.0 Å². The number of aliphatic hydroxyl groups excluding tert-OH is 1. The number of aliphatic hydroxyl groups is 1. The molecule has 0 aliphatic carbocycles. The number of amides is 1. The molecule has 1 aliphatic rings. The normalized spacial score (nSPS) is 19.3. The van der Waals surface area contributed by atoms with Gasteiger partial charge in [0.05, 0.1) is 16.9 Å². The predicted molar refractivity (Wildman–Crippen MR) is 125 cm³/mol. The molecule has 0 spiro atoms. The van der Waals surface area contributed by atoms with Crippen LogP contribution in [0.4, 0.5) is 18.9 Å². The number of benzene rings is 2. The number of hydrogen-bond donors (Lipinski definition) is 3. The van der Waals surface area contributed by atoms with Crippen LogP contribution in [-0.4, -0.2) is 57.8 Å². The lowest BCUT2D eigenvalue weighted by molar-refractivity contribution is -0.137. The lowest BCUT2D eigenvalue weighted by Crippen LogP contribution is -2.39. The summed E-state index contributed by atoms with van der Waals surface area (Å²) < 4.78 is 40.3. The molecule has 2 aromatic rings. The maximum Gasteiger partial charge on any atom is 0.416 e. The van der Waals surface area contributed by atoms with Crippen molar-refractivity contribution in [2.75, 3.05) is 30.7 Å². The zero-order chi connectivity index (χ0) is 24.3. The van der Waals surface area contributed by atoms with Crippen LogP contribution in [0.5, 0.6) is 5.75 Å². The summed E-state index contributed by atoms with van der Waals surface area (Å²) in [5, 5.41) is 23.1. The Bertz CT molecular complexity index is 1000. The third-order valence-corrected chi connectivity index (χ3v) is 7.35. The maximum absolute atomic E-state index is 13.4. The van der Waals surface area contributed by atoms with Gasteiger partial charge >= 0.3 is 6.18 Å². The number of carbonyl (C=O) groups is 1. The van der Waals surface area contributed by atoms with Gasteiger partial charge in [-0.05, 0) is 55.1 Å². The first-order chi connectivity index (χ1) is 15.5. The first kappa shape index (κ1) is 25.7. The number of phenols is 1. The average Bonchev–Trinajstić information content (AvgIpc) is 2.76. The van der Waals surface area contributed by atoms with Gasteiger partial charge in [-0.3, -0.25) is 4.79 Å². The van der Waals surface area contributed by atoms with Crippen molar-refractivity contribution < 1.29 is 28.2 Å². The van der Waals surface area contributed by atoms with E-state index in [1.165, 1.54) is 24.3 Å². The molecule has 2 aromatic carbocycles. The molecular formula is C23H26ClF3N2O3S. The molecule has 0 aromatic heterocycles. The molecule has 1 heterocycles. The van der Waals surface area contributed by atoms with Crippen molar-refractivity contribution in [3.8, 4) is 5.75 Å². The number of fused-ring (bicyclic) bond motifs is 1. The molecule has 0 bridgehead atoms. The Kier molecular flexibility index (Phi) is 8.21. The van der Waals surface area contributed by atoms with E-state index in [0.717, 1.165) is 37.0 Å². The number of nitrogens with zero attached hydrogens (tertiary/aromatic N) is 1. The Balaban J connectivity index is 2.01. The van der Waals surface area contributed by atoms with Gasteiger partial charge in [0.2, 0.25) is 5.91 Å². The maximum atomic E-state index is 13.4. The van der Waals surface area contributed by atoms with E-state index in [0.29, 0.717) is 6.54 Å². The molecule has 0 fully saturated rings. The Labute approximate surface area is 199 Å². The zero-order valence-electron chi connectivity index (χ0n) is 18.2. The van der Waals surface area contributed by atoms with Gasteiger partial charge < -0.3 is 20.4 Å². The molecule has 0 saturated heterocycles. The second-order valence-electron chi connectivity index (χ2n) is 7.86. The van der Waals surface area contributed by atoms with Crippen LogP contribution < -0.4 is 5.32 Å². The highest BCUT2D eigenvalue weighted by molar-refractivity contribution is 8.00. The Hall–Kier alpha value is -1.94. The second-order valence-corrected chi connectivity index (χ2v) is 9.47. The fraction of sp³-hybridized carbons (Fsp3) is 0.435. The summed E-state index contributed by atoms with van der Waals surface area (Å²) in [7, 11) is 0. The van der Waals surface area contributed by atoms with Gasteiger partial charge in [0.1, 0.15) is 5.75 Å². The van der Waals surface area contributed by atoms with Gasteiger partial charge in [-0.1, -0.05) is 25.4 Å². The van der Waals surface area contributed by atoms with Crippen molar-refractivity contribution in [2.45, 2.75) is 37.3 Å². The standard InChI is InChI=1S/C23H26ClF3N2O3S/c1-3-29(4-2)11-15(30)12-33-21-20(17-10-14(24)6-8-19(17)31)16-9-13(23(25,26)27)5-7-18(16)28-22(21)32/h5-10,15,20-21,30-31H,3-4,11-12H2,1-2H3,(H,28,32). The first-order valence-electron chi connectivity index (χ1n) is 10.6. The summed E-state index contributed by atoms with van der Waals surface area (Å²) in [5.74, 6) is -1.27. The molecule has 1 amide bonds. The first-order valence-corrected chi connectivity index (χ1v) is 12.0. The number of aromatic hydroxyl groups is 1. The van der Waals surface area contributed by atoms with E-state index in [-0.39, 0.29) is 33.3 Å². The minimum atomic E-state index is -4.57. The molecule has 10 heteroatoms. The molecule has 5 nitrogen and oxygen atoms in total. The zero-order valence-corrected chi connectivity index (χ0v) is 19.8. The van der Waals surface area contributed by atoms with E-state index in [1.807, 2.05) is 18.7 Å². The second kappa shape index (κ2) is 10.5.